The van der Waals surface area contributed by atoms with E-state index < -0.39 is 22.2 Å². The zero-order chi connectivity index (χ0) is 14.7. The Morgan fingerprint density at radius 3 is 2.60 bits per heavy atom. The highest BCUT2D eigenvalue weighted by Crippen LogP contribution is 2.36. The van der Waals surface area contributed by atoms with Gasteiger partial charge in [-0.2, -0.15) is 0 Å². The average Bonchev–Trinajstić information content (AvgIpc) is 2.41. The summed E-state index contributed by atoms with van der Waals surface area (Å²) in [4.78, 5) is 10.2. The van der Waals surface area contributed by atoms with Crippen LogP contribution in [-0.4, -0.2) is 4.92 Å². The summed E-state index contributed by atoms with van der Waals surface area (Å²) in [5, 5.41) is 10.9. The van der Waals surface area contributed by atoms with Crippen LogP contribution in [0, 0.1) is 15.9 Å². The SMILES string of the molecule is C[C@@H](N)c1ccccc1Oc1c(F)cccc1[N+](=O)[O-]. The molecule has 0 radical (unpaired) electrons. The van der Waals surface area contributed by atoms with Gasteiger partial charge in [-0.1, -0.05) is 24.3 Å². The second-order valence-corrected chi connectivity index (χ2v) is 4.27. The quantitative estimate of drug-likeness (QED) is 0.684. The maximum absolute atomic E-state index is 13.8. The highest BCUT2D eigenvalue weighted by Gasteiger charge is 2.21. The van der Waals surface area contributed by atoms with E-state index in [0.29, 0.717) is 11.3 Å². The summed E-state index contributed by atoms with van der Waals surface area (Å²) in [7, 11) is 0. The minimum Gasteiger partial charge on any atom is -0.447 e. The van der Waals surface area contributed by atoms with Gasteiger partial charge in [0.25, 0.3) is 0 Å². The Hall–Kier alpha value is -2.47. The van der Waals surface area contributed by atoms with Crippen molar-refractivity contribution in [1.29, 1.82) is 0 Å². The average molecular weight is 276 g/mol. The third kappa shape index (κ3) is 2.75. The van der Waals surface area contributed by atoms with Gasteiger partial charge in [0, 0.05) is 17.7 Å². The molecule has 0 amide bonds. The van der Waals surface area contributed by atoms with E-state index in [1.165, 1.54) is 12.1 Å². The molecule has 0 aliphatic heterocycles. The largest absolute Gasteiger partial charge is 0.447 e. The van der Waals surface area contributed by atoms with E-state index >= 15 is 0 Å². The van der Waals surface area contributed by atoms with Gasteiger partial charge in [0.15, 0.2) is 5.82 Å². The summed E-state index contributed by atoms with van der Waals surface area (Å²) in [6.07, 6.45) is 0. The molecule has 1 atom stereocenters. The molecule has 0 aromatic heterocycles. The molecule has 0 saturated carbocycles. The number of nitro groups is 1. The van der Waals surface area contributed by atoms with Crippen molar-refractivity contribution in [3.05, 3.63) is 64.0 Å². The number of nitrogens with two attached hydrogens (primary N) is 1. The molecule has 104 valence electrons. The van der Waals surface area contributed by atoms with Crippen LogP contribution in [0.15, 0.2) is 42.5 Å². The van der Waals surface area contributed by atoms with Crippen molar-refractivity contribution in [2.75, 3.05) is 0 Å². The summed E-state index contributed by atoms with van der Waals surface area (Å²) < 4.78 is 19.2. The van der Waals surface area contributed by atoms with Crippen LogP contribution in [0.5, 0.6) is 11.5 Å². The van der Waals surface area contributed by atoms with Crippen molar-refractivity contribution in [2.45, 2.75) is 13.0 Å². The van der Waals surface area contributed by atoms with Crippen LogP contribution in [0.3, 0.4) is 0 Å². The van der Waals surface area contributed by atoms with Gasteiger partial charge in [0.05, 0.1) is 4.92 Å². The zero-order valence-electron chi connectivity index (χ0n) is 10.7. The minimum absolute atomic E-state index is 0.302. The van der Waals surface area contributed by atoms with Crippen molar-refractivity contribution in [1.82, 2.24) is 0 Å². The molecule has 0 unspecified atom stereocenters. The fourth-order valence-electron chi connectivity index (χ4n) is 1.80. The highest BCUT2D eigenvalue weighted by atomic mass is 19.1. The van der Waals surface area contributed by atoms with E-state index in [4.69, 9.17) is 10.5 Å². The molecule has 2 aromatic rings. The Labute approximate surface area is 114 Å². The Morgan fingerprint density at radius 1 is 1.25 bits per heavy atom. The molecule has 0 bridgehead atoms. The molecular formula is C14H13FN2O3. The van der Waals surface area contributed by atoms with Crippen LogP contribution in [0.4, 0.5) is 10.1 Å². The van der Waals surface area contributed by atoms with Gasteiger partial charge in [-0.3, -0.25) is 10.1 Å². The Morgan fingerprint density at radius 2 is 1.95 bits per heavy atom. The Balaban J connectivity index is 2.48. The van der Waals surface area contributed by atoms with E-state index in [2.05, 4.69) is 0 Å². The smallest absolute Gasteiger partial charge is 0.314 e. The number of ether oxygens (including phenoxy) is 1. The van der Waals surface area contributed by atoms with Crippen LogP contribution < -0.4 is 10.5 Å². The van der Waals surface area contributed by atoms with Crippen LogP contribution in [0.2, 0.25) is 0 Å². The fourth-order valence-corrected chi connectivity index (χ4v) is 1.80. The van der Waals surface area contributed by atoms with E-state index in [1.807, 2.05) is 0 Å². The van der Waals surface area contributed by atoms with Gasteiger partial charge in [0.2, 0.25) is 5.75 Å². The number of nitrogens with zero attached hydrogens (tertiary/aromatic N) is 1. The van der Waals surface area contributed by atoms with Crippen molar-refractivity contribution in [2.24, 2.45) is 5.73 Å². The summed E-state index contributed by atoms with van der Waals surface area (Å²) in [5.74, 6) is -0.903. The molecule has 6 heteroatoms. The maximum Gasteiger partial charge on any atom is 0.314 e. The predicted octanol–water partition coefficient (Wildman–Crippen LogP) is 3.55. The number of nitro benzene ring substituents is 1. The summed E-state index contributed by atoms with van der Waals surface area (Å²) >= 11 is 0. The van der Waals surface area contributed by atoms with E-state index in [0.717, 1.165) is 6.07 Å². The van der Waals surface area contributed by atoms with E-state index in [9.17, 15) is 14.5 Å². The van der Waals surface area contributed by atoms with Gasteiger partial charge in [-0.25, -0.2) is 4.39 Å². The van der Waals surface area contributed by atoms with E-state index in [-0.39, 0.29) is 6.04 Å². The third-order valence-corrected chi connectivity index (χ3v) is 2.76. The molecule has 5 nitrogen and oxygen atoms in total. The molecule has 20 heavy (non-hydrogen) atoms. The standard InChI is InChI=1S/C14H13FN2O3/c1-9(16)10-5-2-3-8-13(10)20-14-11(15)6-4-7-12(14)17(18)19/h2-9H,16H2,1H3/t9-/m1/s1. The number of hydrogen-bond donors (Lipinski definition) is 1. The monoisotopic (exact) mass is 276 g/mol. The normalized spacial score (nSPS) is 11.9. The van der Waals surface area contributed by atoms with E-state index in [1.54, 1.807) is 31.2 Å². The molecule has 0 fully saturated rings. The second-order valence-electron chi connectivity index (χ2n) is 4.27. The first kappa shape index (κ1) is 14.0. The number of hydrogen-bond acceptors (Lipinski definition) is 4. The summed E-state index contributed by atoms with van der Waals surface area (Å²) in [6.45, 7) is 1.75. The van der Waals surface area contributed by atoms with Crippen LogP contribution in [0.1, 0.15) is 18.5 Å². The number of para-hydroxylation sites is 2. The topological polar surface area (TPSA) is 78.4 Å². The molecule has 2 aromatic carbocycles. The van der Waals surface area contributed by atoms with Crippen LogP contribution in [-0.2, 0) is 0 Å². The predicted molar refractivity (Wildman–Crippen MR) is 72.2 cm³/mol. The zero-order valence-corrected chi connectivity index (χ0v) is 10.7. The molecule has 2 N–H and O–H groups in total. The van der Waals surface area contributed by atoms with Gasteiger partial charge < -0.3 is 10.5 Å². The summed E-state index contributed by atoms with van der Waals surface area (Å²) in [5.41, 5.74) is 6.01. The molecule has 0 heterocycles. The van der Waals surface area contributed by atoms with Gasteiger partial charge in [-0.15, -0.1) is 0 Å². The molecule has 0 aliphatic carbocycles. The van der Waals surface area contributed by atoms with Crippen molar-refractivity contribution in [3.8, 4) is 11.5 Å². The van der Waals surface area contributed by atoms with Crippen LogP contribution >= 0.6 is 0 Å². The van der Waals surface area contributed by atoms with Crippen molar-refractivity contribution < 1.29 is 14.1 Å². The van der Waals surface area contributed by atoms with Gasteiger partial charge >= 0.3 is 5.69 Å². The number of rotatable bonds is 4. The van der Waals surface area contributed by atoms with Gasteiger partial charge in [0.1, 0.15) is 5.75 Å². The Bertz CT molecular complexity index is 644. The lowest BCUT2D eigenvalue weighted by Crippen LogP contribution is -2.07. The minimum atomic E-state index is -0.793. The van der Waals surface area contributed by atoms with Gasteiger partial charge in [-0.05, 0) is 19.1 Å². The molecular weight excluding hydrogens is 263 g/mol. The lowest BCUT2D eigenvalue weighted by Gasteiger charge is -2.13. The second kappa shape index (κ2) is 5.66. The lowest BCUT2D eigenvalue weighted by molar-refractivity contribution is -0.385. The third-order valence-electron chi connectivity index (χ3n) is 2.76. The molecule has 2 rings (SSSR count). The van der Waals surface area contributed by atoms with Crippen LogP contribution in [0.25, 0.3) is 0 Å². The fraction of sp³-hybridized carbons (Fsp3) is 0.143. The number of halogens is 1. The maximum atomic E-state index is 13.8. The highest BCUT2D eigenvalue weighted by molar-refractivity contribution is 5.50. The molecule has 0 spiro atoms. The first-order valence-electron chi connectivity index (χ1n) is 5.96. The number of benzene rings is 2. The molecule has 0 saturated heterocycles. The first-order chi connectivity index (χ1) is 9.50. The lowest BCUT2D eigenvalue weighted by atomic mass is 10.1. The first-order valence-corrected chi connectivity index (χ1v) is 5.96. The summed E-state index contributed by atoms with van der Waals surface area (Å²) in [6, 6.07) is 10.00. The molecule has 0 aliphatic rings. The van der Waals surface area contributed by atoms with Crippen molar-refractivity contribution >= 4 is 5.69 Å². The van der Waals surface area contributed by atoms with Crippen molar-refractivity contribution in [3.63, 3.8) is 0 Å². The Kier molecular flexibility index (Phi) is 3.95.